The lowest BCUT2D eigenvalue weighted by Gasteiger charge is -2.22. The van der Waals surface area contributed by atoms with Crippen molar-refractivity contribution in [3.8, 4) is 0 Å². The van der Waals surface area contributed by atoms with Gasteiger partial charge in [0.1, 0.15) is 5.69 Å². The van der Waals surface area contributed by atoms with Gasteiger partial charge in [-0.05, 0) is 35.7 Å². The second-order valence-corrected chi connectivity index (χ2v) is 5.99. The van der Waals surface area contributed by atoms with Crippen LogP contribution in [0.3, 0.4) is 0 Å². The highest BCUT2D eigenvalue weighted by molar-refractivity contribution is 5.92. The number of aliphatic hydroxyl groups is 1. The second-order valence-electron chi connectivity index (χ2n) is 5.99. The summed E-state index contributed by atoms with van der Waals surface area (Å²) in [4.78, 5) is 25.2. The third-order valence-electron chi connectivity index (χ3n) is 4.23. The lowest BCUT2D eigenvalue weighted by atomic mass is 10.2. The summed E-state index contributed by atoms with van der Waals surface area (Å²) >= 11 is 0. The summed E-state index contributed by atoms with van der Waals surface area (Å²) < 4.78 is 0. The zero-order chi connectivity index (χ0) is 16.8. The molecule has 1 amide bonds. The molecule has 1 aliphatic rings. The Kier molecular flexibility index (Phi) is 5.51. The van der Waals surface area contributed by atoms with Crippen molar-refractivity contribution in [2.45, 2.75) is 19.6 Å². The molecule has 0 saturated carbocycles. The van der Waals surface area contributed by atoms with Crippen LogP contribution in [0.5, 0.6) is 0 Å². The van der Waals surface area contributed by atoms with Gasteiger partial charge < -0.3 is 10.0 Å². The molecule has 126 valence electrons. The van der Waals surface area contributed by atoms with E-state index in [2.05, 4.69) is 20.9 Å². The van der Waals surface area contributed by atoms with Gasteiger partial charge in [-0.15, -0.1) is 0 Å². The number of nitrogens with zero attached hydrogens (tertiary/aromatic N) is 4. The molecule has 1 saturated heterocycles. The Morgan fingerprint density at radius 1 is 1.12 bits per heavy atom. The molecular weight excluding hydrogens is 304 g/mol. The monoisotopic (exact) mass is 326 g/mol. The van der Waals surface area contributed by atoms with Crippen LogP contribution in [-0.4, -0.2) is 57.0 Å². The van der Waals surface area contributed by atoms with Gasteiger partial charge in [0.15, 0.2) is 0 Å². The number of carbonyl (C=O) groups excluding carboxylic acids is 1. The van der Waals surface area contributed by atoms with Crippen molar-refractivity contribution in [1.29, 1.82) is 0 Å². The smallest absolute Gasteiger partial charge is 0.272 e. The molecule has 0 unspecified atom stereocenters. The predicted octanol–water partition coefficient (Wildman–Crippen LogP) is 1.32. The average Bonchev–Trinajstić information content (AvgIpc) is 2.87. The van der Waals surface area contributed by atoms with E-state index < -0.39 is 0 Å². The maximum absolute atomic E-state index is 12.6. The van der Waals surface area contributed by atoms with Gasteiger partial charge >= 0.3 is 0 Å². The topological polar surface area (TPSA) is 69.6 Å². The van der Waals surface area contributed by atoms with Gasteiger partial charge in [0.2, 0.25) is 0 Å². The molecular formula is C18H22N4O2. The minimum atomic E-state index is -0.0817. The predicted molar refractivity (Wildman–Crippen MR) is 90.2 cm³/mol. The van der Waals surface area contributed by atoms with Crippen LogP contribution in [0.25, 0.3) is 0 Å². The van der Waals surface area contributed by atoms with E-state index in [1.54, 1.807) is 24.5 Å². The molecule has 0 bridgehead atoms. The summed E-state index contributed by atoms with van der Waals surface area (Å²) in [5, 5.41) is 9.21. The molecule has 3 rings (SSSR count). The SMILES string of the molecule is O=C(c1cc(CO)ccn1)N1CCCN(Cc2cccnc2)CC1. The summed E-state index contributed by atoms with van der Waals surface area (Å²) in [6, 6.07) is 7.41. The van der Waals surface area contributed by atoms with Crippen molar-refractivity contribution in [3.63, 3.8) is 0 Å². The molecule has 2 aromatic rings. The van der Waals surface area contributed by atoms with E-state index in [0.29, 0.717) is 17.8 Å². The highest BCUT2D eigenvalue weighted by Crippen LogP contribution is 2.11. The van der Waals surface area contributed by atoms with Gasteiger partial charge in [-0.1, -0.05) is 6.07 Å². The van der Waals surface area contributed by atoms with E-state index in [0.717, 1.165) is 32.6 Å². The quantitative estimate of drug-likeness (QED) is 0.917. The Bertz CT molecular complexity index is 678. The van der Waals surface area contributed by atoms with Crippen molar-refractivity contribution in [2.24, 2.45) is 0 Å². The highest BCUT2D eigenvalue weighted by atomic mass is 16.3. The fraction of sp³-hybridized carbons (Fsp3) is 0.389. The first kappa shape index (κ1) is 16.5. The van der Waals surface area contributed by atoms with Crippen molar-refractivity contribution in [1.82, 2.24) is 19.8 Å². The van der Waals surface area contributed by atoms with E-state index >= 15 is 0 Å². The van der Waals surface area contributed by atoms with Crippen LogP contribution in [0.4, 0.5) is 0 Å². The molecule has 0 spiro atoms. The van der Waals surface area contributed by atoms with Gasteiger partial charge in [-0.2, -0.15) is 0 Å². The van der Waals surface area contributed by atoms with Crippen LogP contribution in [0, 0.1) is 0 Å². The average molecular weight is 326 g/mol. The Labute approximate surface area is 141 Å². The number of hydrogen-bond donors (Lipinski definition) is 1. The van der Waals surface area contributed by atoms with Gasteiger partial charge in [-0.3, -0.25) is 19.7 Å². The van der Waals surface area contributed by atoms with Gasteiger partial charge in [0.25, 0.3) is 5.91 Å². The van der Waals surface area contributed by atoms with Crippen molar-refractivity contribution < 1.29 is 9.90 Å². The fourth-order valence-corrected chi connectivity index (χ4v) is 2.93. The number of amides is 1. The molecule has 3 heterocycles. The molecule has 0 atom stereocenters. The maximum atomic E-state index is 12.6. The van der Waals surface area contributed by atoms with Crippen molar-refractivity contribution in [3.05, 3.63) is 59.7 Å². The summed E-state index contributed by atoms with van der Waals surface area (Å²) in [5.74, 6) is -0.0615. The van der Waals surface area contributed by atoms with E-state index in [4.69, 9.17) is 0 Å². The standard InChI is InChI=1S/C18H22N4O2/c23-14-15-4-6-20-17(11-15)18(24)22-8-2-7-21(9-10-22)13-16-3-1-5-19-12-16/h1,3-6,11-12,23H,2,7-10,13-14H2. The Balaban J connectivity index is 1.61. The third kappa shape index (κ3) is 4.15. The molecule has 24 heavy (non-hydrogen) atoms. The number of rotatable bonds is 4. The molecule has 6 nitrogen and oxygen atoms in total. The summed E-state index contributed by atoms with van der Waals surface area (Å²) in [5.41, 5.74) is 2.30. The first-order valence-corrected chi connectivity index (χ1v) is 8.22. The largest absolute Gasteiger partial charge is 0.392 e. The lowest BCUT2D eigenvalue weighted by molar-refractivity contribution is 0.0755. The molecule has 1 aliphatic heterocycles. The number of aromatic nitrogens is 2. The van der Waals surface area contributed by atoms with E-state index in [1.165, 1.54) is 5.56 Å². The summed E-state index contributed by atoms with van der Waals surface area (Å²) in [7, 11) is 0. The second kappa shape index (κ2) is 7.99. The van der Waals surface area contributed by atoms with Gasteiger partial charge in [0, 0.05) is 51.3 Å². The number of pyridine rings is 2. The van der Waals surface area contributed by atoms with E-state index in [-0.39, 0.29) is 12.5 Å². The van der Waals surface area contributed by atoms with E-state index in [1.807, 2.05) is 17.2 Å². The van der Waals surface area contributed by atoms with Gasteiger partial charge in [0.05, 0.1) is 6.61 Å². The van der Waals surface area contributed by atoms with Crippen molar-refractivity contribution in [2.75, 3.05) is 26.2 Å². The van der Waals surface area contributed by atoms with Gasteiger partial charge in [-0.25, -0.2) is 0 Å². The first-order valence-electron chi connectivity index (χ1n) is 8.22. The zero-order valence-corrected chi connectivity index (χ0v) is 13.6. The third-order valence-corrected chi connectivity index (χ3v) is 4.23. The molecule has 2 aromatic heterocycles. The normalized spacial score (nSPS) is 16.0. The summed E-state index contributed by atoms with van der Waals surface area (Å²) in [6.45, 7) is 3.98. The maximum Gasteiger partial charge on any atom is 0.272 e. The summed E-state index contributed by atoms with van der Waals surface area (Å²) in [6.07, 6.45) is 6.18. The van der Waals surface area contributed by atoms with E-state index in [9.17, 15) is 9.90 Å². The van der Waals surface area contributed by atoms with Crippen molar-refractivity contribution >= 4 is 5.91 Å². The van der Waals surface area contributed by atoms with Crippen LogP contribution in [-0.2, 0) is 13.2 Å². The first-order chi connectivity index (χ1) is 11.8. The molecule has 0 aromatic carbocycles. The number of carbonyl (C=O) groups is 1. The van der Waals surface area contributed by atoms with Crippen LogP contribution >= 0.6 is 0 Å². The fourth-order valence-electron chi connectivity index (χ4n) is 2.93. The number of hydrogen-bond acceptors (Lipinski definition) is 5. The zero-order valence-electron chi connectivity index (χ0n) is 13.6. The molecule has 0 aliphatic carbocycles. The minimum absolute atomic E-state index is 0.0615. The van der Waals surface area contributed by atoms with Crippen LogP contribution in [0.15, 0.2) is 42.9 Å². The molecule has 1 N–H and O–H groups in total. The number of aliphatic hydroxyl groups excluding tert-OH is 1. The molecule has 6 heteroatoms. The Morgan fingerprint density at radius 2 is 2.04 bits per heavy atom. The molecule has 1 fully saturated rings. The highest BCUT2D eigenvalue weighted by Gasteiger charge is 2.21. The Morgan fingerprint density at radius 3 is 2.83 bits per heavy atom. The lowest BCUT2D eigenvalue weighted by Crippen LogP contribution is -2.35. The van der Waals surface area contributed by atoms with Crippen LogP contribution < -0.4 is 0 Å². The Hall–Kier alpha value is -2.31. The minimum Gasteiger partial charge on any atom is -0.392 e. The van der Waals surface area contributed by atoms with Crippen LogP contribution in [0.1, 0.15) is 28.0 Å². The molecule has 0 radical (unpaired) electrons. The van der Waals surface area contributed by atoms with Crippen LogP contribution in [0.2, 0.25) is 0 Å².